The van der Waals surface area contributed by atoms with E-state index in [-0.39, 0.29) is 23.9 Å². The van der Waals surface area contributed by atoms with E-state index in [1.165, 1.54) is 4.88 Å². The first-order chi connectivity index (χ1) is 11.7. The van der Waals surface area contributed by atoms with E-state index in [0.29, 0.717) is 18.2 Å². The minimum Gasteiger partial charge on any atom is -0.481 e. The molecule has 3 rings (SSSR count). The summed E-state index contributed by atoms with van der Waals surface area (Å²) in [5, 5.41) is 9.70. The van der Waals surface area contributed by atoms with E-state index >= 15 is 0 Å². The van der Waals surface area contributed by atoms with Crippen LogP contribution in [0.1, 0.15) is 56.8 Å². The van der Waals surface area contributed by atoms with Gasteiger partial charge in [0.15, 0.2) is 0 Å². The maximum Gasteiger partial charge on any atom is 0.305 e. The standard InChI is InChI=1S/C19H26N2O3S/c1-5-14-20-17-16(18(24)21(14)9-8-15(22)23)12-7-6-11(19(2,3)4)10-13(12)25-17/h11H,5-10H2,1-4H3,(H,22,23). The van der Waals surface area contributed by atoms with Gasteiger partial charge in [-0.15, -0.1) is 11.3 Å². The van der Waals surface area contributed by atoms with Crippen molar-refractivity contribution >= 4 is 27.5 Å². The molecule has 0 spiro atoms. The molecule has 1 N–H and O–H groups in total. The number of carboxylic acids is 1. The van der Waals surface area contributed by atoms with Crippen LogP contribution < -0.4 is 5.56 Å². The number of nitrogens with zero attached hydrogens (tertiary/aromatic N) is 2. The lowest BCUT2D eigenvalue weighted by Crippen LogP contribution is -2.28. The topological polar surface area (TPSA) is 72.2 Å². The van der Waals surface area contributed by atoms with Gasteiger partial charge in [0.05, 0.1) is 11.8 Å². The van der Waals surface area contributed by atoms with Crippen molar-refractivity contribution in [3.05, 3.63) is 26.6 Å². The van der Waals surface area contributed by atoms with Crippen molar-refractivity contribution < 1.29 is 9.90 Å². The van der Waals surface area contributed by atoms with E-state index in [2.05, 4.69) is 20.8 Å². The summed E-state index contributed by atoms with van der Waals surface area (Å²) in [6.45, 7) is 8.98. The third kappa shape index (κ3) is 3.36. The van der Waals surface area contributed by atoms with Crippen LogP contribution in [-0.4, -0.2) is 20.6 Å². The summed E-state index contributed by atoms with van der Waals surface area (Å²) >= 11 is 1.66. The minimum absolute atomic E-state index is 0.0570. The quantitative estimate of drug-likeness (QED) is 0.901. The molecule has 136 valence electrons. The predicted octanol–water partition coefficient (Wildman–Crippen LogP) is 3.65. The smallest absolute Gasteiger partial charge is 0.305 e. The molecule has 6 heteroatoms. The van der Waals surface area contributed by atoms with Crippen molar-refractivity contribution in [3.63, 3.8) is 0 Å². The average molecular weight is 362 g/mol. The van der Waals surface area contributed by atoms with Gasteiger partial charge in [0.25, 0.3) is 5.56 Å². The van der Waals surface area contributed by atoms with Gasteiger partial charge in [0.2, 0.25) is 0 Å². The van der Waals surface area contributed by atoms with Crippen molar-refractivity contribution in [1.82, 2.24) is 9.55 Å². The van der Waals surface area contributed by atoms with Gasteiger partial charge < -0.3 is 5.11 Å². The van der Waals surface area contributed by atoms with Gasteiger partial charge in [-0.2, -0.15) is 0 Å². The van der Waals surface area contributed by atoms with Crippen molar-refractivity contribution in [2.24, 2.45) is 11.3 Å². The Bertz CT molecular complexity index is 873. The number of hydrogen-bond acceptors (Lipinski definition) is 4. The molecule has 2 heterocycles. The first-order valence-electron chi connectivity index (χ1n) is 8.98. The first kappa shape index (κ1) is 18.1. The Kier molecular flexibility index (Phi) is 4.75. The highest BCUT2D eigenvalue weighted by atomic mass is 32.1. The van der Waals surface area contributed by atoms with Crippen LogP contribution in [0, 0.1) is 11.3 Å². The Labute approximate surface area is 151 Å². The number of thiophene rings is 1. The molecule has 0 aliphatic heterocycles. The second kappa shape index (κ2) is 6.56. The highest BCUT2D eigenvalue weighted by Gasteiger charge is 2.32. The van der Waals surface area contributed by atoms with Crippen molar-refractivity contribution in [3.8, 4) is 0 Å². The van der Waals surface area contributed by atoms with Gasteiger partial charge >= 0.3 is 5.97 Å². The Balaban J connectivity index is 2.10. The zero-order chi connectivity index (χ0) is 18.4. The van der Waals surface area contributed by atoms with Crippen LogP contribution in [0.25, 0.3) is 10.2 Å². The molecule has 1 atom stereocenters. The fourth-order valence-corrected chi connectivity index (χ4v) is 5.06. The number of hydrogen-bond donors (Lipinski definition) is 1. The molecule has 2 aromatic rings. The second-order valence-corrected chi connectivity index (χ2v) is 9.06. The average Bonchev–Trinajstić information content (AvgIpc) is 2.90. The lowest BCUT2D eigenvalue weighted by Gasteiger charge is -2.33. The van der Waals surface area contributed by atoms with E-state index in [1.807, 2.05) is 6.92 Å². The van der Waals surface area contributed by atoms with E-state index in [0.717, 1.165) is 35.0 Å². The van der Waals surface area contributed by atoms with Gasteiger partial charge in [-0.05, 0) is 36.2 Å². The molecule has 0 saturated carbocycles. The molecule has 0 aromatic carbocycles. The number of aryl methyl sites for hydroxylation is 2. The summed E-state index contributed by atoms with van der Waals surface area (Å²) < 4.78 is 1.57. The monoisotopic (exact) mass is 362 g/mol. The summed E-state index contributed by atoms with van der Waals surface area (Å²) in [7, 11) is 0. The largest absolute Gasteiger partial charge is 0.481 e. The van der Waals surface area contributed by atoms with Crippen molar-refractivity contribution in [1.29, 1.82) is 0 Å². The zero-order valence-corrected chi connectivity index (χ0v) is 16.2. The van der Waals surface area contributed by atoms with Gasteiger partial charge in [0.1, 0.15) is 10.7 Å². The minimum atomic E-state index is -0.894. The summed E-state index contributed by atoms with van der Waals surface area (Å²) in [4.78, 5) is 30.8. The number of carbonyl (C=O) groups is 1. The maximum absolute atomic E-state index is 13.1. The molecule has 0 amide bonds. The fraction of sp³-hybridized carbons (Fsp3) is 0.632. The Morgan fingerprint density at radius 1 is 1.40 bits per heavy atom. The highest BCUT2D eigenvalue weighted by molar-refractivity contribution is 7.18. The van der Waals surface area contributed by atoms with E-state index in [9.17, 15) is 9.59 Å². The molecule has 1 aliphatic rings. The van der Waals surface area contributed by atoms with Crippen LogP contribution in [0.5, 0.6) is 0 Å². The van der Waals surface area contributed by atoms with E-state index in [4.69, 9.17) is 10.1 Å². The van der Waals surface area contributed by atoms with Crippen LogP contribution >= 0.6 is 11.3 Å². The Hall–Kier alpha value is -1.69. The zero-order valence-electron chi connectivity index (χ0n) is 15.4. The highest BCUT2D eigenvalue weighted by Crippen LogP contribution is 2.42. The number of aromatic nitrogens is 2. The van der Waals surface area contributed by atoms with Crippen LogP contribution in [0.3, 0.4) is 0 Å². The van der Waals surface area contributed by atoms with Gasteiger partial charge in [0, 0.05) is 17.8 Å². The van der Waals surface area contributed by atoms with Gasteiger partial charge in [-0.1, -0.05) is 27.7 Å². The van der Waals surface area contributed by atoms with E-state index in [1.54, 1.807) is 15.9 Å². The third-order valence-electron chi connectivity index (χ3n) is 5.34. The third-order valence-corrected chi connectivity index (χ3v) is 6.49. The molecule has 1 unspecified atom stereocenters. The molecule has 0 saturated heterocycles. The van der Waals surface area contributed by atoms with E-state index < -0.39 is 5.97 Å². The molecule has 0 bridgehead atoms. The molecular weight excluding hydrogens is 336 g/mol. The molecule has 5 nitrogen and oxygen atoms in total. The summed E-state index contributed by atoms with van der Waals surface area (Å²) in [6, 6.07) is 0. The number of carboxylic acid groups (broad SMARTS) is 1. The maximum atomic E-state index is 13.1. The summed E-state index contributed by atoms with van der Waals surface area (Å²) in [6.07, 6.45) is 3.58. The predicted molar refractivity (Wildman–Crippen MR) is 100 cm³/mol. The first-order valence-corrected chi connectivity index (χ1v) is 9.79. The Morgan fingerprint density at radius 2 is 2.12 bits per heavy atom. The summed E-state index contributed by atoms with van der Waals surface area (Å²) in [5.41, 5.74) is 1.36. The Morgan fingerprint density at radius 3 is 2.72 bits per heavy atom. The van der Waals surface area contributed by atoms with Crippen LogP contribution in [0.2, 0.25) is 0 Å². The SMILES string of the molecule is CCc1nc2sc3c(c2c(=O)n1CCC(=O)O)CCC(C(C)(C)C)C3. The fourth-order valence-electron chi connectivity index (χ4n) is 3.75. The summed E-state index contributed by atoms with van der Waals surface area (Å²) in [5.74, 6) is 0.409. The molecule has 0 radical (unpaired) electrons. The molecule has 2 aromatic heterocycles. The number of rotatable bonds is 4. The van der Waals surface area contributed by atoms with Gasteiger partial charge in [-0.3, -0.25) is 14.2 Å². The lowest BCUT2D eigenvalue weighted by atomic mass is 9.72. The van der Waals surface area contributed by atoms with Crippen LogP contribution in [0.4, 0.5) is 0 Å². The van der Waals surface area contributed by atoms with Gasteiger partial charge in [-0.25, -0.2) is 4.98 Å². The van der Waals surface area contributed by atoms with Crippen molar-refractivity contribution in [2.45, 2.75) is 66.3 Å². The normalized spacial score (nSPS) is 17.7. The molecule has 1 aliphatic carbocycles. The second-order valence-electron chi connectivity index (χ2n) is 7.97. The molecular formula is C19H26N2O3S. The van der Waals surface area contributed by atoms with Crippen LogP contribution in [-0.2, 0) is 30.6 Å². The molecule has 0 fully saturated rings. The molecule has 25 heavy (non-hydrogen) atoms. The van der Waals surface area contributed by atoms with Crippen molar-refractivity contribution in [2.75, 3.05) is 0 Å². The number of aliphatic carboxylic acids is 1. The van der Waals surface area contributed by atoms with Crippen LogP contribution in [0.15, 0.2) is 4.79 Å². The number of fused-ring (bicyclic) bond motifs is 3. The lowest BCUT2D eigenvalue weighted by molar-refractivity contribution is -0.137.